The second-order valence-electron chi connectivity index (χ2n) is 15.6. The van der Waals surface area contributed by atoms with Crippen molar-refractivity contribution in [1.82, 2.24) is 30.3 Å². The molecule has 2 saturated heterocycles. The molecule has 0 radical (unpaired) electrons. The molecule has 1 amide bonds. The number of thiazole rings is 1. The van der Waals surface area contributed by atoms with Gasteiger partial charge in [0, 0.05) is 62.2 Å². The minimum atomic E-state index is -1.18. The normalized spacial score (nSPS) is 19.1. The van der Waals surface area contributed by atoms with E-state index in [1.54, 1.807) is 34.4 Å². The highest BCUT2D eigenvalue weighted by atomic mass is 32.1. The van der Waals surface area contributed by atoms with Crippen LogP contribution in [0.15, 0.2) is 72.4 Å². The van der Waals surface area contributed by atoms with E-state index in [1.807, 2.05) is 52.3 Å². The lowest BCUT2D eigenvalue weighted by Gasteiger charge is -2.38. The van der Waals surface area contributed by atoms with E-state index >= 15 is 4.39 Å². The van der Waals surface area contributed by atoms with Crippen LogP contribution in [0.3, 0.4) is 0 Å². The van der Waals surface area contributed by atoms with Gasteiger partial charge in [0.15, 0.2) is 5.82 Å². The van der Waals surface area contributed by atoms with Crippen molar-refractivity contribution in [2.45, 2.75) is 65.7 Å². The molecule has 4 atom stereocenters. The molecule has 0 unspecified atom stereocenters. The van der Waals surface area contributed by atoms with Crippen molar-refractivity contribution >= 4 is 34.5 Å². The molecular weight excluding hydrogens is 704 g/mol. The van der Waals surface area contributed by atoms with Gasteiger partial charge >= 0.3 is 0 Å². The van der Waals surface area contributed by atoms with Gasteiger partial charge in [-0.3, -0.25) is 14.5 Å². The van der Waals surface area contributed by atoms with Gasteiger partial charge in [-0.15, -0.1) is 21.5 Å². The molecule has 54 heavy (non-hydrogen) atoms. The van der Waals surface area contributed by atoms with Crippen LogP contribution in [0.25, 0.3) is 21.7 Å². The van der Waals surface area contributed by atoms with Crippen LogP contribution in [-0.2, 0) is 9.59 Å². The average Bonchev–Trinajstić information content (AvgIpc) is 3.76. The van der Waals surface area contributed by atoms with E-state index in [4.69, 9.17) is 5.73 Å². The first-order valence-electron chi connectivity index (χ1n) is 18.5. The SMILES string of the molecule is C=C(N[C@@H](C)c1ccc(-c2scnc2C)cc1)[C@@H]1C[C@@H](F)CN1C(=O)[C@@H](CC(=O)CN1CCN(c2cc(-c3ccccc3O)nnc2N)CC1)C(C)(C)C. The van der Waals surface area contributed by atoms with Crippen molar-refractivity contribution in [1.29, 1.82) is 0 Å². The molecule has 11 nitrogen and oxygen atoms in total. The number of carbonyl (C=O) groups is 2. The second-order valence-corrected chi connectivity index (χ2v) is 16.4. The van der Waals surface area contributed by atoms with Crippen LogP contribution in [-0.4, -0.2) is 93.3 Å². The van der Waals surface area contributed by atoms with E-state index in [2.05, 4.69) is 61.1 Å². The predicted octanol–water partition coefficient (Wildman–Crippen LogP) is 6.41. The summed E-state index contributed by atoms with van der Waals surface area (Å²) in [4.78, 5) is 39.2. The summed E-state index contributed by atoms with van der Waals surface area (Å²) < 4.78 is 15.1. The topological polar surface area (TPSA) is 141 Å². The number of alkyl halides is 1. The first-order chi connectivity index (χ1) is 25.7. The molecule has 2 fully saturated rings. The van der Waals surface area contributed by atoms with Crippen molar-refractivity contribution in [2.75, 3.05) is 49.9 Å². The third-order valence-electron chi connectivity index (χ3n) is 10.6. The lowest BCUT2D eigenvalue weighted by molar-refractivity contribution is -0.142. The number of carbonyl (C=O) groups excluding carboxylic acids is 2. The minimum Gasteiger partial charge on any atom is -0.507 e. The molecule has 2 aliphatic heterocycles. The Morgan fingerprint density at radius 1 is 1.09 bits per heavy atom. The van der Waals surface area contributed by atoms with Crippen LogP contribution >= 0.6 is 11.3 Å². The van der Waals surface area contributed by atoms with Crippen molar-refractivity contribution in [3.63, 3.8) is 0 Å². The molecule has 2 aromatic heterocycles. The van der Waals surface area contributed by atoms with E-state index in [-0.39, 0.29) is 49.4 Å². The number of Topliss-reactive ketones (excluding diaryl/α,β-unsaturated/α-hetero) is 1. The van der Waals surface area contributed by atoms with Gasteiger partial charge in [-0.05, 0) is 48.6 Å². The summed E-state index contributed by atoms with van der Waals surface area (Å²) in [5.74, 6) is -0.461. The van der Waals surface area contributed by atoms with Gasteiger partial charge in [-0.25, -0.2) is 9.37 Å². The molecule has 4 N–H and O–H groups in total. The van der Waals surface area contributed by atoms with E-state index in [0.29, 0.717) is 49.0 Å². The number of piperazine rings is 1. The summed E-state index contributed by atoms with van der Waals surface area (Å²) in [6.45, 7) is 16.8. The van der Waals surface area contributed by atoms with Crippen LogP contribution in [0, 0.1) is 18.3 Å². The first kappa shape index (κ1) is 38.8. The predicted molar refractivity (Wildman–Crippen MR) is 213 cm³/mol. The highest BCUT2D eigenvalue weighted by Crippen LogP contribution is 2.36. The van der Waals surface area contributed by atoms with Crippen LogP contribution < -0.4 is 16.0 Å². The van der Waals surface area contributed by atoms with Crippen LogP contribution in [0.2, 0.25) is 0 Å². The standard InChI is InChI=1S/C41H51FN8O3S/c1-25(28-11-13-29(14-12-28)38-27(3)44-24-54-38)45-26(2)35-19-30(42)22-50(35)40(53)33(41(4,5)6)20-31(51)23-48-15-17-49(18-16-48)36-21-34(46-47-39(36)43)32-9-7-8-10-37(32)52/h7-14,21,24-25,30,33,35,45,52H,2,15-20,22-23H2,1,3-6H3,(H2,43,47)/t25-,30+,33+,35-/m0/s1. The summed E-state index contributed by atoms with van der Waals surface area (Å²) in [7, 11) is 0. The smallest absolute Gasteiger partial charge is 0.227 e. The molecule has 6 rings (SSSR count). The number of benzene rings is 2. The average molecular weight is 755 g/mol. The first-order valence-corrected chi connectivity index (χ1v) is 19.4. The number of aromatic nitrogens is 3. The summed E-state index contributed by atoms with van der Waals surface area (Å²) in [6.07, 6.45) is -0.953. The van der Waals surface area contributed by atoms with Gasteiger partial charge < -0.3 is 26.0 Å². The van der Waals surface area contributed by atoms with Crippen molar-refractivity contribution in [3.05, 3.63) is 83.6 Å². The number of nitrogens with zero attached hydrogens (tertiary/aromatic N) is 6. The Hall–Kier alpha value is -4.88. The highest BCUT2D eigenvalue weighted by molar-refractivity contribution is 7.13. The zero-order valence-electron chi connectivity index (χ0n) is 31.8. The maximum atomic E-state index is 15.1. The number of likely N-dealkylation sites (tertiary alicyclic amines) is 1. The fraction of sp³-hybridized carbons (Fsp3) is 0.439. The Bertz CT molecular complexity index is 1970. The molecule has 2 aromatic carbocycles. The number of nitrogen functional groups attached to an aromatic ring is 1. The second kappa shape index (κ2) is 16.2. The third kappa shape index (κ3) is 8.73. The molecule has 4 aromatic rings. The van der Waals surface area contributed by atoms with Gasteiger partial charge in [0.05, 0.1) is 46.6 Å². The van der Waals surface area contributed by atoms with Gasteiger partial charge in [0.25, 0.3) is 0 Å². The van der Waals surface area contributed by atoms with E-state index < -0.39 is 23.5 Å². The van der Waals surface area contributed by atoms with Crippen LogP contribution in [0.1, 0.15) is 57.8 Å². The molecule has 0 aliphatic carbocycles. The molecule has 286 valence electrons. The number of hydrogen-bond acceptors (Lipinski definition) is 11. The Balaban J connectivity index is 1.06. The lowest BCUT2D eigenvalue weighted by Crippen LogP contribution is -2.49. The van der Waals surface area contributed by atoms with Crippen LogP contribution in [0.5, 0.6) is 5.75 Å². The number of nitrogens with two attached hydrogens (primary N) is 1. The fourth-order valence-electron chi connectivity index (χ4n) is 7.44. The molecule has 13 heteroatoms. The zero-order valence-corrected chi connectivity index (χ0v) is 32.6. The summed E-state index contributed by atoms with van der Waals surface area (Å²) >= 11 is 1.61. The molecule has 2 aliphatic rings. The highest BCUT2D eigenvalue weighted by Gasteiger charge is 2.43. The van der Waals surface area contributed by atoms with Crippen LogP contribution in [0.4, 0.5) is 15.9 Å². The minimum absolute atomic E-state index is 0.0250. The van der Waals surface area contributed by atoms with Crippen molar-refractivity contribution in [3.8, 4) is 27.4 Å². The largest absolute Gasteiger partial charge is 0.507 e. The van der Waals surface area contributed by atoms with Gasteiger partial charge in [-0.1, -0.05) is 63.7 Å². The summed E-state index contributed by atoms with van der Waals surface area (Å²) in [5, 5.41) is 22.1. The maximum Gasteiger partial charge on any atom is 0.227 e. The number of nitrogens with one attached hydrogen (secondary N) is 1. The van der Waals surface area contributed by atoms with E-state index in [0.717, 1.165) is 27.4 Å². The number of phenols is 1. The molecule has 4 heterocycles. The number of aromatic hydroxyl groups is 1. The maximum absolute atomic E-state index is 15.1. The van der Waals surface area contributed by atoms with Gasteiger partial charge in [0.2, 0.25) is 5.91 Å². The Morgan fingerprint density at radius 3 is 2.44 bits per heavy atom. The van der Waals surface area contributed by atoms with Crippen molar-refractivity contribution < 1.29 is 19.1 Å². The number of halogens is 1. The van der Waals surface area contributed by atoms with Gasteiger partial charge in [0.1, 0.15) is 17.7 Å². The number of hydrogen-bond donors (Lipinski definition) is 3. The third-order valence-corrected chi connectivity index (χ3v) is 11.6. The Kier molecular flexibility index (Phi) is 11.7. The zero-order chi connectivity index (χ0) is 38.7. The summed E-state index contributed by atoms with van der Waals surface area (Å²) in [5.41, 5.74) is 13.1. The number of rotatable bonds is 12. The summed E-state index contributed by atoms with van der Waals surface area (Å²) in [6, 6.07) is 16.4. The molecule has 0 spiro atoms. The van der Waals surface area contributed by atoms with E-state index in [9.17, 15) is 14.7 Å². The number of anilines is 2. The Labute approximate surface area is 321 Å². The number of phenolic OH excluding ortho intramolecular Hbond substituents is 1. The molecular formula is C41H51FN8O3S. The molecule has 0 bridgehead atoms. The number of amides is 1. The van der Waals surface area contributed by atoms with Crippen molar-refractivity contribution in [2.24, 2.45) is 11.3 Å². The van der Waals surface area contributed by atoms with E-state index in [1.165, 1.54) is 0 Å². The fourth-order valence-corrected chi connectivity index (χ4v) is 8.25. The lowest BCUT2D eigenvalue weighted by atomic mass is 9.76. The number of para-hydroxylation sites is 1. The quantitative estimate of drug-likeness (QED) is 0.149. The number of aryl methyl sites for hydroxylation is 1. The monoisotopic (exact) mass is 754 g/mol. The Morgan fingerprint density at radius 2 is 1.80 bits per heavy atom. The number of ketones is 1. The molecule has 0 saturated carbocycles. The van der Waals surface area contributed by atoms with Gasteiger partial charge in [-0.2, -0.15) is 0 Å².